The van der Waals surface area contributed by atoms with E-state index in [9.17, 15) is 4.57 Å². The number of aromatic amines is 1. The number of pyridine rings is 1. The lowest BCUT2D eigenvalue weighted by molar-refractivity contribution is -0.310. The quantitative estimate of drug-likeness (QED) is 0.463. The monoisotopic (exact) mass is 226 g/mol. The summed E-state index contributed by atoms with van der Waals surface area (Å²) in [5.41, 5.74) is 2.11. The molecule has 0 amide bonds. The third-order valence-corrected chi connectivity index (χ3v) is 3.30. The van der Waals surface area contributed by atoms with Crippen LogP contribution in [0.15, 0.2) is 48.5 Å². The number of hydrogen-bond donors (Lipinski definition) is 0. The van der Waals surface area contributed by atoms with Crippen molar-refractivity contribution in [1.82, 2.24) is 0 Å². The van der Waals surface area contributed by atoms with Gasteiger partial charge in [0.2, 0.25) is 11.0 Å². The molecule has 76 valence electrons. The number of H-pyrrole nitrogens is 1. The number of fused-ring (bicyclic) bond motifs is 2. The van der Waals surface area contributed by atoms with E-state index in [1.165, 1.54) is 0 Å². The minimum atomic E-state index is 0.0609. The molecule has 1 heterocycles. The summed E-state index contributed by atoms with van der Waals surface area (Å²) in [7, 11) is 0.0609. The maximum atomic E-state index is 11.0. The van der Waals surface area contributed by atoms with Crippen molar-refractivity contribution in [3.05, 3.63) is 48.5 Å². The average Bonchev–Trinajstić information content (AvgIpc) is 2.35. The van der Waals surface area contributed by atoms with Crippen LogP contribution in [0.4, 0.5) is 0 Å². The Morgan fingerprint density at radius 3 is 2.62 bits per heavy atom. The second kappa shape index (κ2) is 3.66. The molecule has 0 saturated carbocycles. The zero-order chi connectivity index (χ0) is 11.0. The maximum absolute atomic E-state index is 11.0. The topological polar surface area (TPSA) is 31.2 Å². The van der Waals surface area contributed by atoms with Gasteiger partial charge in [0.15, 0.2) is 8.46 Å². The van der Waals surface area contributed by atoms with Crippen LogP contribution in [-0.4, -0.2) is 0 Å². The minimum absolute atomic E-state index is 0.0609. The number of hydrogen-bond acceptors (Lipinski definition) is 1. The van der Waals surface area contributed by atoms with Crippen LogP contribution in [0.25, 0.3) is 21.8 Å². The largest absolute Gasteiger partial charge is 0.269 e. The van der Waals surface area contributed by atoms with Gasteiger partial charge in [-0.2, -0.15) is 0 Å². The molecule has 0 fully saturated rings. The van der Waals surface area contributed by atoms with Crippen LogP contribution in [0.2, 0.25) is 0 Å². The van der Waals surface area contributed by atoms with Gasteiger partial charge < -0.3 is 0 Å². The SMILES string of the molecule is O=Pc1cccc2[nH+]c3ccccc3cc12. The van der Waals surface area contributed by atoms with Crippen LogP contribution in [0.5, 0.6) is 0 Å². The Kier molecular flexibility index (Phi) is 2.16. The van der Waals surface area contributed by atoms with E-state index in [-0.39, 0.29) is 8.46 Å². The van der Waals surface area contributed by atoms with E-state index in [0.717, 1.165) is 27.1 Å². The summed E-state index contributed by atoms with van der Waals surface area (Å²) in [5, 5.41) is 2.96. The standard InChI is InChI=1S/C13H8NOP/c15-16-13-7-3-6-12-10(13)8-9-4-1-2-5-11(9)14-12/h1-8H/p+1. The Morgan fingerprint density at radius 1 is 0.938 bits per heavy atom. The van der Waals surface area contributed by atoms with Crippen molar-refractivity contribution in [1.29, 1.82) is 0 Å². The first-order chi connectivity index (χ1) is 7.88. The highest BCUT2D eigenvalue weighted by atomic mass is 31.1. The number of aromatic nitrogens is 1. The number of rotatable bonds is 1. The number of para-hydroxylation sites is 1. The van der Waals surface area contributed by atoms with Crippen molar-refractivity contribution < 1.29 is 9.55 Å². The molecule has 0 aliphatic heterocycles. The lowest BCUT2D eigenvalue weighted by Crippen LogP contribution is -2.08. The minimum Gasteiger partial charge on any atom is -0.269 e. The molecule has 0 atom stereocenters. The summed E-state index contributed by atoms with van der Waals surface area (Å²) >= 11 is 0. The zero-order valence-electron chi connectivity index (χ0n) is 8.47. The van der Waals surface area contributed by atoms with E-state index in [2.05, 4.69) is 11.1 Å². The second-order valence-electron chi connectivity index (χ2n) is 3.69. The third-order valence-electron chi connectivity index (χ3n) is 2.71. The Bertz CT molecular complexity index is 694. The molecular formula is C13H9NOP+. The second-order valence-corrected chi connectivity index (χ2v) is 4.35. The fourth-order valence-corrected chi connectivity index (χ4v) is 2.36. The molecule has 3 aromatic rings. The van der Waals surface area contributed by atoms with Gasteiger partial charge in [0.05, 0.1) is 10.7 Å². The molecule has 2 nitrogen and oxygen atoms in total. The van der Waals surface area contributed by atoms with Gasteiger partial charge in [0, 0.05) is 17.5 Å². The van der Waals surface area contributed by atoms with Crippen molar-refractivity contribution >= 4 is 35.6 Å². The normalized spacial score (nSPS) is 11.2. The predicted molar refractivity (Wildman–Crippen MR) is 65.3 cm³/mol. The summed E-state index contributed by atoms with van der Waals surface area (Å²) in [6.07, 6.45) is 0. The van der Waals surface area contributed by atoms with Gasteiger partial charge in [0.25, 0.3) is 0 Å². The van der Waals surface area contributed by atoms with Crippen LogP contribution in [-0.2, 0) is 4.57 Å². The molecule has 1 aromatic heterocycles. The van der Waals surface area contributed by atoms with Gasteiger partial charge in [0.1, 0.15) is 0 Å². The van der Waals surface area contributed by atoms with Gasteiger partial charge in [-0.25, -0.2) is 4.98 Å². The summed E-state index contributed by atoms with van der Waals surface area (Å²) in [6, 6.07) is 15.9. The van der Waals surface area contributed by atoms with E-state index in [1.807, 2.05) is 42.5 Å². The van der Waals surface area contributed by atoms with Crippen molar-refractivity contribution in [3.63, 3.8) is 0 Å². The van der Waals surface area contributed by atoms with Crippen LogP contribution >= 0.6 is 8.46 Å². The van der Waals surface area contributed by atoms with Crippen LogP contribution < -0.4 is 10.3 Å². The van der Waals surface area contributed by atoms with Crippen molar-refractivity contribution in [2.75, 3.05) is 0 Å². The van der Waals surface area contributed by atoms with Crippen molar-refractivity contribution in [3.8, 4) is 0 Å². The Balaban J connectivity index is 2.51. The van der Waals surface area contributed by atoms with Gasteiger partial charge in [-0.15, -0.1) is 0 Å². The molecule has 0 radical (unpaired) electrons. The first-order valence-electron chi connectivity index (χ1n) is 5.05. The summed E-state index contributed by atoms with van der Waals surface area (Å²) in [5.74, 6) is 0. The van der Waals surface area contributed by atoms with Crippen LogP contribution in [0.3, 0.4) is 0 Å². The first kappa shape index (κ1) is 9.44. The highest BCUT2D eigenvalue weighted by molar-refractivity contribution is 7.34. The van der Waals surface area contributed by atoms with Gasteiger partial charge >= 0.3 is 0 Å². The molecule has 3 rings (SSSR count). The van der Waals surface area contributed by atoms with Crippen molar-refractivity contribution in [2.45, 2.75) is 0 Å². The molecule has 0 saturated heterocycles. The molecule has 3 heteroatoms. The summed E-state index contributed by atoms with van der Waals surface area (Å²) < 4.78 is 11.0. The summed E-state index contributed by atoms with van der Waals surface area (Å²) in [4.78, 5) is 3.34. The highest BCUT2D eigenvalue weighted by Crippen LogP contribution is 2.16. The van der Waals surface area contributed by atoms with E-state index in [4.69, 9.17) is 0 Å². The predicted octanol–water partition coefficient (Wildman–Crippen LogP) is 2.72. The molecule has 0 spiro atoms. The van der Waals surface area contributed by atoms with E-state index in [1.54, 1.807) is 0 Å². The molecule has 0 aliphatic carbocycles. The summed E-state index contributed by atoms with van der Waals surface area (Å²) in [6.45, 7) is 0. The Hall–Kier alpha value is -1.79. The first-order valence-corrected chi connectivity index (χ1v) is 5.87. The maximum Gasteiger partial charge on any atom is 0.212 e. The highest BCUT2D eigenvalue weighted by Gasteiger charge is 2.08. The lowest BCUT2D eigenvalue weighted by atomic mass is 10.1. The van der Waals surface area contributed by atoms with E-state index < -0.39 is 0 Å². The number of nitrogens with one attached hydrogen (secondary N) is 1. The average molecular weight is 226 g/mol. The zero-order valence-corrected chi connectivity index (χ0v) is 9.37. The van der Waals surface area contributed by atoms with Crippen LogP contribution in [0.1, 0.15) is 0 Å². The smallest absolute Gasteiger partial charge is 0.212 e. The number of benzene rings is 2. The third kappa shape index (κ3) is 1.39. The molecule has 1 N–H and O–H groups in total. The van der Waals surface area contributed by atoms with E-state index in [0.29, 0.717) is 0 Å². The van der Waals surface area contributed by atoms with Gasteiger partial charge in [-0.05, 0) is 18.2 Å². The molecule has 0 bridgehead atoms. The van der Waals surface area contributed by atoms with Crippen molar-refractivity contribution in [2.24, 2.45) is 0 Å². The van der Waals surface area contributed by atoms with Crippen LogP contribution in [0, 0.1) is 0 Å². The molecule has 16 heavy (non-hydrogen) atoms. The molecule has 2 aromatic carbocycles. The Morgan fingerprint density at radius 2 is 1.75 bits per heavy atom. The van der Waals surface area contributed by atoms with Gasteiger partial charge in [-0.1, -0.05) is 18.2 Å². The lowest BCUT2D eigenvalue weighted by Gasteiger charge is -1.97. The molecule has 0 unspecified atom stereocenters. The Labute approximate surface area is 94.1 Å². The van der Waals surface area contributed by atoms with E-state index >= 15 is 0 Å². The fraction of sp³-hybridized carbons (Fsp3) is 0. The van der Waals surface area contributed by atoms with Gasteiger partial charge in [-0.3, -0.25) is 4.57 Å². The molecular weight excluding hydrogens is 217 g/mol. The molecule has 0 aliphatic rings. The fourth-order valence-electron chi connectivity index (χ4n) is 1.93.